The first-order valence-corrected chi connectivity index (χ1v) is 10.3. The predicted octanol–water partition coefficient (Wildman–Crippen LogP) is 4.26. The van der Waals surface area contributed by atoms with Crippen LogP contribution in [0, 0.1) is 11.3 Å². The lowest BCUT2D eigenvalue weighted by Gasteiger charge is -2.36. The summed E-state index contributed by atoms with van der Waals surface area (Å²) in [5.74, 6) is -0.390. The highest BCUT2D eigenvalue weighted by Crippen LogP contribution is 2.34. The van der Waals surface area contributed by atoms with Crippen LogP contribution in [0.2, 0.25) is 10.0 Å². The molecule has 1 heterocycles. The summed E-state index contributed by atoms with van der Waals surface area (Å²) in [6, 6.07) is 10.3. The molecular formula is C21H23Cl2N3O3. The Hall–Kier alpha value is -2.33. The van der Waals surface area contributed by atoms with E-state index in [1.54, 1.807) is 6.07 Å². The quantitative estimate of drug-likeness (QED) is 0.499. The summed E-state index contributed by atoms with van der Waals surface area (Å²) in [6.07, 6.45) is 1.83. The summed E-state index contributed by atoms with van der Waals surface area (Å²) < 4.78 is 5.60. The fourth-order valence-electron chi connectivity index (χ4n) is 3.34. The van der Waals surface area contributed by atoms with E-state index >= 15 is 0 Å². The zero-order chi connectivity index (χ0) is 20.8. The van der Waals surface area contributed by atoms with Gasteiger partial charge in [0.05, 0.1) is 22.3 Å². The number of rotatable bonds is 7. The summed E-state index contributed by atoms with van der Waals surface area (Å²) in [4.78, 5) is 4.67. The van der Waals surface area contributed by atoms with Crippen molar-refractivity contribution in [2.24, 2.45) is 0 Å². The average molecular weight is 436 g/mol. The van der Waals surface area contributed by atoms with Gasteiger partial charge in [0.25, 0.3) is 0 Å². The molecule has 29 heavy (non-hydrogen) atoms. The first-order valence-electron chi connectivity index (χ1n) is 9.50. The van der Waals surface area contributed by atoms with Gasteiger partial charge in [-0.05, 0) is 31.5 Å². The third kappa shape index (κ3) is 5.39. The summed E-state index contributed by atoms with van der Waals surface area (Å²) in [5.41, 5.74) is 0.985. The Morgan fingerprint density at radius 2 is 1.83 bits per heavy atom. The molecule has 8 heteroatoms. The van der Waals surface area contributed by atoms with Crippen LogP contribution in [-0.2, 0) is 0 Å². The molecule has 0 bridgehead atoms. The highest BCUT2D eigenvalue weighted by atomic mass is 35.5. The van der Waals surface area contributed by atoms with Crippen LogP contribution < -0.4 is 9.64 Å². The van der Waals surface area contributed by atoms with E-state index in [0.717, 1.165) is 51.3 Å². The van der Waals surface area contributed by atoms with Crippen LogP contribution in [0.25, 0.3) is 0 Å². The van der Waals surface area contributed by atoms with Gasteiger partial charge in [-0.2, -0.15) is 5.26 Å². The molecule has 0 aromatic heterocycles. The van der Waals surface area contributed by atoms with Crippen molar-refractivity contribution in [1.29, 1.82) is 5.26 Å². The summed E-state index contributed by atoms with van der Waals surface area (Å²) in [7, 11) is 0. The van der Waals surface area contributed by atoms with E-state index in [4.69, 9.17) is 33.2 Å². The molecule has 2 aromatic rings. The zero-order valence-electron chi connectivity index (χ0n) is 15.9. The summed E-state index contributed by atoms with van der Waals surface area (Å²) in [5, 5.41) is 29.3. The minimum Gasteiger partial charge on any atom is -0.504 e. The van der Waals surface area contributed by atoms with Gasteiger partial charge in [-0.1, -0.05) is 29.3 Å². The van der Waals surface area contributed by atoms with Crippen LogP contribution in [0.5, 0.6) is 17.2 Å². The molecule has 0 atom stereocenters. The van der Waals surface area contributed by atoms with Gasteiger partial charge in [0.15, 0.2) is 11.5 Å². The van der Waals surface area contributed by atoms with Gasteiger partial charge in [0.2, 0.25) is 0 Å². The van der Waals surface area contributed by atoms with Crippen LogP contribution in [0.3, 0.4) is 0 Å². The van der Waals surface area contributed by atoms with E-state index in [9.17, 15) is 10.2 Å². The molecule has 1 saturated heterocycles. The summed E-state index contributed by atoms with van der Waals surface area (Å²) in [6.45, 7) is 5.18. The molecule has 6 nitrogen and oxygen atoms in total. The average Bonchev–Trinajstić information content (AvgIpc) is 2.73. The second-order valence-electron chi connectivity index (χ2n) is 6.91. The van der Waals surface area contributed by atoms with Gasteiger partial charge in [-0.25, -0.2) is 0 Å². The number of benzene rings is 2. The van der Waals surface area contributed by atoms with Gasteiger partial charge in [-0.15, -0.1) is 0 Å². The second kappa shape index (κ2) is 9.93. The van der Waals surface area contributed by atoms with Gasteiger partial charge in [0.1, 0.15) is 17.4 Å². The van der Waals surface area contributed by atoms with Gasteiger partial charge < -0.3 is 19.8 Å². The maximum absolute atomic E-state index is 9.61. The predicted molar refractivity (Wildman–Crippen MR) is 114 cm³/mol. The number of phenolic OH excluding ortho intramolecular Hbond substituents is 2. The maximum atomic E-state index is 9.61. The molecule has 0 spiro atoms. The fraction of sp³-hybridized carbons (Fsp3) is 0.381. The second-order valence-corrected chi connectivity index (χ2v) is 7.69. The van der Waals surface area contributed by atoms with Crippen molar-refractivity contribution >= 4 is 28.9 Å². The molecule has 154 valence electrons. The Balaban J connectivity index is 1.38. The lowest BCUT2D eigenvalue weighted by molar-refractivity contribution is 0.238. The summed E-state index contributed by atoms with van der Waals surface area (Å²) >= 11 is 12.4. The Kier molecular flexibility index (Phi) is 7.32. The maximum Gasteiger partial charge on any atom is 0.175 e. The minimum atomic E-state index is -0.418. The van der Waals surface area contributed by atoms with Crippen molar-refractivity contribution in [3.05, 3.63) is 45.9 Å². The molecule has 0 aliphatic carbocycles. The number of hydrogen-bond donors (Lipinski definition) is 2. The number of halogens is 2. The van der Waals surface area contributed by atoms with Crippen LogP contribution in [0.15, 0.2) is 30.3 Å². The standard InChI is InChI=1S/C21H23Cl2N3O3/c22-17-4-3-5-18(20(17)23)26-9-7-25(8-10-26)6-1-2-11-29-16-12-15(14-24)21(28)19(27)13-16/h3-5,12-13,27-28H,1-2,6-11H2. The molecule has 1 aliphatic heterocycles. The lowest BCUT2D eigenvalue weighted by Crippen LogP contribution is -2.46. The highest BCUT2D eigenvalue weighted by Gasteiger charge is 2.19. The Bertz CT molecular complexity index is 893. The largest absolute Gasteiger partial charge is 0.504 e. The van der Waals surface area contributed by atoms with Crippen molar-refractivity contribution in [2.45, 2.75) is 12.8 Å². The Labute approximate surface area is 180 Å². The van der Waals surface area contributed by atoms with E-state index in [1.165, 1.54) is 12.1 Å². The van der Waals surface area contributed by atoms with Crippen molar-refractivity contribution in [1.82, 2.24) is 4.90 Å². The number of aromatic hydroxyl groups is 2. The van der Waals surface area contributed by atoms with E-state index in [0.29, 0.717) is 22.4 Å². The molecule has 0 unspecified atom stereocenters. The number of piperazine rings is 1. The number of phenols is 2. The number of anilines is 1. The third-order valence-corrected chi connectivity index (χ3v) is 5.77. The first kappa shape index (κ1) is 21.4. The van der Waals surface area contributed by atoms with Gasteiger partial charge in [-0.3, -0.25) is 4.90 Å². The van der Waals surface area contributed by atoms with Gasteiger partial charge in [0, 0.05) is 38.3 Å². The molecule has 0 saturated carbocycles. The third-order valence-electron chi connectivity index (χ3n) is 4.97. The van der Waals surface area contributed by atoms with E-state index in [2.05, 4.69) is 9.80 Å². The number of ether oxygens (including phenoxy) is 1. The smallest absolute Gasteiger partial charge is 0.175 e. The van der Waals surface area contributed by atoms with E-state index in [-0.39, 0.29) is 11.3 Å². The van der Waals surface area contributed by atoms with Crippen LogP contribution in [0.4, 0.5) is 5.69 Å². The molecule has 0 amide bonds. The zero-order valence-corrected chi connectivity index (χ0v) is 17.5. The van der Waals surface area contributed by atoms with Crippen molar-refractivity contribution in [2.75, 3.05) is 44.2 Å². The Morgan fingerprint density at radius 3 is 2.55 bits per heavy atom. The molecule has 0 radical (unpaired) electrons. The van der Waals surface area contributed by atoms with E-state index in [1.807, 2.05) is 18.2 Å². The van der Waals surface area contributed by atoms with Crippen LogP contribution in [0.1, 0.15) is 18.4 Å². The number of nitriles is 1. The van der Waals surface area contributed by atoms with Crippen LogP contribution in [-0.4, -0.2) is 54.4 Å². The normalized spacial score (nSPS) is 14.6. The SMILES string of the molecule is N#Cc1cc(OCCCCN2CCN(c3cccc(Cl)c3Cl)CC2)cc(O)c1O. The molecule has 2 aromatic carbocycles. The monoisotopic (exact) mass is 435 g/mol. The first-order chi connectivity index (χ1) is 14.0. The number of nitrogens with zero attached hydrogens (tertiary/aromatic N) is 3. The number of unbranched alkanes of at least 4 members (excludes halogenated alkanes) is 1. The van der Waals surface area contributed by atoms with Crippen molar-refractivity contribution < 1.29 is 14.9 Å². The number of hydrogen-bond acceptors (Lipinski definition) is 6. The molecule has 1 aliphatic rings. The molecule has 3 rings (SSSR count). The van der Waals surface area contributed by atoms with E-state index < -0.39 is 5.75 Å². The topological polar surface area (TPSA) is 80.0 Å². The van der Waals surface area contributed by atoms with Crippen molar-refractivity contribution in [3.8, 4) is 23.3 Å². The van der Waals surface area contributed by atoms with Crippen LogP contribution >= 0.6 is 23.2 Å². The highest BCUT2D eigenvalue weighted by molar-refractivity contribution is 6.43. The molecule has 2 N–H and O–H groups in total. The Morgan fingerprint density at radius 1 is 1.07 bits per heavy atom. The lowest BCUT2D eigenvalue weighted by atomic mass is 10.2. The van der Waals surface area contributed by atoms with Gasteiger partial charge >= 0.3 is 0 Å². The molecular weight excluding hydrogens is 413 g/mol. The molecule has 1 fully saturated rings. The van der Waals surface area contributed by atoms with Crippen molar-refractivity contribution in [3.63, 3.8) is 0 Å². The minimum absolute atomic E-state index is 0.00215. The fourth-order valence-corrected chi connectivity index (χ4v) is 3.75.